The van der Waals surface area contributed by atoms with Crippen LogP contribution in [0.5, 0.6) is 0 Å². The van der Waals surface area contributed by atoms with Crippen molar-refractivity contribution in [3.8, 4) is 11.3 Å². The molecule has 140 valence electrons. The van der Waals surface area contributed by atoms with Gasteiger partial charge in [-0.2, -0.15) is 5.10 Å². The zero-order chi connectivity index (χ0) is 19.6. The van der Waals surface area contributed by atoms with E-state index in [1.807, 2.05) is 39.1 Å². The molecule has 3 aromatic rings. The molecule has 27 heavy (non-hydrogen) atoms. The minimum atomic E-state index is -0.735. The van der Waals surface area contributed by atoms with Gasteiger partial charge in [0.05, 0.1) is 5.69 Å². The maximum absolute atomic E-state index is 12.6. The molecule has 0 spiro atoms. The average Bonchev–Trinajstić information content (AvgIpc) is 3.04. The van der Waals surface area contributed by atoms with Crippen LogP contribution in [-0.4, -0.2) is 34.7 Å². The zero-order valence-electron chi connectivity index (χ0n) is 16.7. The van der Waals surface area contributed by atoms with Gasteiger partial charge >= 0.3 is 0 Å². The lowest BCUT2D eigenvalue weighted by Crippen LogP contribution is -2.44. The van der Waals surface area contributed by atoms with E-state index in [0.29, 0.717) is 0 Å². The van der Waals surface area contributed by atoms with Crippen LogP contribution < -0.4 is 0 Å². The van der Waals surface area contributed by atoms with Crippen LogP contribution in [0.25, 0.3) is 11.3 Å². The Hall–Kier alpha value is -2.88. The van der Waals surface area contributed by atoms with Crippen LogP contribution in [0.4, 0.5) is 0 Å². The largest absolute Gasteiger partial charge is 0.347 e. The number of aromatic nitrogens is 2. The molecule has 0 aliphatic rings. The van der Waals surface area contributed by atoms with Crippen LogP contribution >= 0.6 is 0 Å². The van der Waals surface area contributed by atoms with E-state index in [0.717, 1.165) is 23.2 Å². The molecule has 0 saturated heterocycles. The van der Waals surface area contributed by atoms with Crippen LogP contribution in [0, 0.1) is 6.92 Å². The molecule has 4 nitrogen and oxygen atoms in total. The predicted molar refractivity (Wildman–Crippen MR) is 110 cm³/mol. The van der Waals surface area contributed by atoms with E-state index in [-0.39, 0.29) is 5.91 Å². The highest BCUT2D eigenvalue weighted by atomic mass is 16.2. The Morgan fingerprint density at radius 3 is 2.33 bits per heavy atom. The van der Waals surface area contributed by atoms with Gasteiger partial charge in [0, 0.05) is 25.9 Å². The second kappa shape index (κ2) is 7.39. The van der Waals surface area contributed by atoms with Gasteiger partial charge < -0.3 is 4.90 Å². The van der Waals surface area contributed by atoms with Gasteiger partial charge in [-0.3, -0.25) is 9.48 Å². The highest BCUT2D eigenvalue weighted by Gasteiger charge is 2.32. The molecule has 0 aliphatic heterocycles. The SMILES string of the molecule is Cc1cn(C(C)(C)C(=O)N(C)C)nc1-c1ccccc1Cc1ccccc1. The van der Waals surface area contributed by atoms with Crippen LogP contribution in [0.3, 0.4) is 0 Å². The summed E-state index contributed by atoms with van der Waals surface area (Å²) in [4.78, 5) is 14.2. The van der Waals surface area contributed by atoms with Gasteiger partial charge in [0.1, 0.15) is 5.54 Å². The number of rotatable bonds is 5. The van der Waals surface area contributed by atoms with Crippen LogP contribution in [0.1, 0.15) is 30.5 Å². The van der Waals surface area contributed by atoms with Crippen molar-refractivity contribution in [1.82, 2.24) is 14.7 Å². The van der Waals surface area contributed by atoms with E-state index in [1.165, 1.54) is 11.1 Å². The number of amides is 1. The quantitative estimate of drug-likeness (QED) is 0.680. The molecule has 1 heterocycles. The van der Waals surface area contributed by atoms with E-state index in [4.69, 9.17) is 5.10 Å². The van der Waals surface area contributed by atoms with Gasteiger partial charge in [-0.15, -0.1) is 0 Å². The molecule has 3 rings (SSSR count). The minimum Gasteiger partial charge on any atom is -0.347 e. The van der Waals surface area contributed by atoms with Crippen molar-refractivity contribution in [3.05, 3.63) is 77.5 Å². The fourth-order valence-corrected chi connectivity index (χ4v) is 3.38. The van der Waals surface area contributed by atoms with E-state index in [1.54, 1.807) is 23.7 Å². The number of aryl methyl sites for hydroxylation is 1. The first-order valence-corrected chi connectivity index (χ1v) is 9.21. The summed E-state index contributed by atoms with van der Waals surface area (Å²) in [5.41, 5.74) is 4.88. The topological polar surface area (TPSA) is 38.1 Å². The van der Waals surface area contributed by atoms with Gasteiger partial charge in [-0.25, -0.2) is 0 Å². The fraction of sp³-hybridized carbons (Fsp3) is 0.304. The molecule has 0 fully saturated rings. The number of carbonyl (C=O) groups is 1. The lowest BCUT2D eigenvalue weighted by atomic mass is 9.97. The standard InChI is InChI=1S/C23H27N3O/c1-17-16-26(23(2,3)22(27)25(4)5)24-21(17)20-14-10-9-13-19(20)15-18-11-7-6-8-12-18/h6-14,16H,15H2,1-5H3. The van der Waals surface area contributed by atoms with Crippen LogP contribution in [0.15, 0.2) is 60.8 Å². The lowest BCUT2D eigenvalue weighted by Gasteiger charge is -2.27. The van der Waals surface area contributed by atoms with Crippen molar-refractivity contribution in [1.29, 1.82) is 0 Å². The summed E-state index contributed by atoms with van der Waals surface area (Å²) >= 11 is 0. The molecule has 0 atom stereocenters. The molecular formula is C23H27N3O. The van der Waals surface area contributed by atoms with Gasteiger partial charge in [0.25, 0.3) is 0 Å². The lowest BCUT2D eigenvalue weighted by molar-refractivity contribution is -0.137. The van der Waals surface area contributed by atoms with E-state index >= 15 is 0 Å². The third kappa shape index (κ3) is 3.80. The number of hydrogen-bond acceptors (Lipinski definition) is 2. The summed E-state index contributed by atoms with van der Waals surface area (Å²) in [5, 5.41) is 4.83. The zero-order valence-corrected chi connectivity index (χ0v) is 16.7. The maximum Gasteiger partial charge on any atom is 0.249 e. The molecule has 2 aromatic carbocycles. The molecule has 0 radical (unpaired) electrons. The van der Waals surface area contributed by atoms with E-state index in [9.17, 15) is 4.79 Å². The molecule has 1 aromatic heterocycles. The summed E-state index contributed by atoms with van der Waals surface area (Å²) in [5.74, 6) is 0.0223. The normalized spacial score (nSPS) is 11.4. The first-order valence-electron chi connectivity index (χ1n) is 9.21. The highest BCUT2D eigenvalue weighted by molar-refractivity contribution is 5.83. The van der Waals surface area contributed by atoms with Crippen molar-refractivity contribution in [2.45, 2.75) is 32.7 Å². The smallest absolute Gasteiger partial charge is 0.249 e. The summed E-state index contributed by atoms with van der Waals surface area (Å²) in [6.07, 6.45) is 2.82. The van der Waals surface area contributed by atoms with E-state index in [2.05, 4.69) is 42.5 Å². The molecule has 0 bridgehead atoms. The highest BCUT2D eigenvalue weighted by Crippen LogP contribution is 2.29. The summed E-state index contributed by atoms with van der Waals surface area (Å²) in [7, 11) is 3.55. The molecule has 1 amide bonds. The molecule has 0 saturated carbocycles. The molecule has 4 heteroatoms. The first-order chi connectivity index (χ1) is 12.8. The molecule has 0 unspecified atom stereocenters. The second-order valence-electron chi connectivity index (χ2n) is 7.68. The number of carbonyl (C=O) groups excluding carboxylic acids is 1. The summed E-state index contributed by atoms with van der Waals surface area (Å²) in [6.45, 7) is 5.86. The number of hydrogen-bond donors (Lipinski definition) is 0. The Morgan fingerprint density at radius 2 is 1.67 bits per heavy atom. The first kappa shape index (κ1) is 18.9. The van der Waals surface area contributed by atoms with Gasteiger partial charge in [-0.05, 0) is 43.9 Å². The summed E-state index contributed by atoms with van der Waals surface area (Å²) in [6, 6.07) is 18.8. The van der Waals surface area contributed by atoms with Crippen molar-refractivity contribution in [2.75, 3.05) is 14.1 Å². The van der Waals surface area contributed by atoms with Crippen LogP contribution in [-0.2, 0) is 16.8 Å². The Kier molecular flexibility index (Phi) is 5.17. The van der Waals surface area contributed by atoms with Gasteiger partial charge in [0.15, 0.2) is 0 Å². The number of likely N-dealkylation sites (N-methyl/N-ethyl adjacent to an activating group) is 1. The van der Waals surface area contributed by atoms with Crippen LogP contribution in [0.2, 0.25) is 0 Å². The molecule has 0 aliphatic carbocycles. The third-order valence-corrected chi connectivity index (χ3v) is 4.91. The van der Waals surface area contributed by atoms with Crippen molar-refractivity contribution in [2.24, 2.45) is 0 Å². The molecular weight excluding hydrogens is 334 g/mol. The second-order valence-corrected chi connectivity index (χ2v) is 7.68. The summed E-state index contributed by atoms with van der Waals surface area (Å²) < 4.78 is 1.79. The average molecular weight is 361 g/mol. The minimum absolute atomic E-state index is 0.0223. The Morgan fingerprint density at radius 1 is 1.04 bits per heavy atom. The Labute approximate surface area is 161 Å². The van der Waals surface area contributed by atoms with Gasteiger partial charge in [0.2, 0.25) is 5.91 Å². The van der Waals surface area contributed by atoms with Gasteiger partial charge in [-0.1, -0.05) is 54.6 Å². The monoisotopic (exact) mass is 361 g/mol. The maximum atomic E-state index is 12.6. The predicted octanol–water partition coefficient (Wildman–Crippen LogP) is 4.27. The third-order valence-electron chi connectivity index (χ3n) is 4.91. The van der Waals surface area contributed by atoms with E-state index < -0.39 is 5.54 Å². The van der Waals surface area contributed by atoms with Crippen molar-refractivity contribution >= 4 is 5.91 Å². The number of nitrogens with zero attached hydrogens (tertiary/aromatic N) is 3. The fourth-order valence-electron chi connectivity index (χ4n) is 3.38. The van der Waals surface area contributed by atoms with Crippen molar-refractivity contribution < 1.29 is 4.79 Å². The Bertz CT molecular complexity index is 939. The number of benzene rings is 2. The molecule has 0 N–H and O–H groups in total. The Balaban J connectivity index is 2.01. The van der Waals surface area contributed by atoms with Crippen molar-refractivity contribution in [3.63, 3.8) is 0 Å².